The summed E-state index contributed by atoms with van der Waals surface area (Å²) in [6, 6.07) is 8.87. The minimum atomic E-state index is -0.559. The number of carbonyl (C=O) groups is 2. The Labute approximate surface area is 149 Å². The van der Waals surface area contributed by atoms with Crippen molar-refractivity contribution in [3.63, 3.8) is 0 Å². The van der Waals surface area contributed by atoms with Crippen LogP contribution in [0.1, 0.15) is 50.4 Å². The normalized spacial score (nSPS) is 11.0. The van der Waals surface area contributed by atoms with E-state index in [1.54, 1.807) is 24.3 Å². The highest BCUT2D eigenvalue weighted by Gasteiger charge is 2.21. The molecule has 0 saturated carbocycles. The van der Waals surface area contributed by atoms with Gasteiger partial charge in [-0.3, -0.25) is 0 Å². The van der Waals surface area contributed by atoms with Crippen LogP contribution < -0.4 is 0 Å². The smallest absolute Gasteiger partial charge is 0.410 e. The molecule has 1 aromatic rings. The van der Waals surface area contributed by atoms with Crippen LogP contribution in [0.5, 0.6) is 0 Å². The Bertz CT molecular complexity index is 524. The molecule has 0 radical (unpaired) electrons. The lowest BCUT2D eigenvalue weighted by atomic mass is 10.2. The van der Waals surface area contributed by atoms with Gasteiger partial charge in [0.25, 0.3) is 0 Å². The number of rotatable bonds is 9. The number of esters is 1. The molecule has 140 valence electrons. The molecule has 1 aromatic carbocycles. The molecule has 0 atom stereocenters. The monoisotopic (exact) mass is 351 g/mol. The minimum Gasteiger partial charge on any atom is -0.462 e. The summed E-state index contributed by atoms with van der Waals surface area (Å²) in [7, 11) is 0. The summed E-state index contributed by atoms with van der Waals surface area (Å²) in [5.41, 5.74) is -0.0160. The Kier molecular flexibility index (Phi) is 8.99. The third-order valence-electron chi connectivity index (χ3n) is 3.34. The fourth-order valence-electron chi connectivity index (χ4n) is 2.15. The van der Waals surface area contributed by atoms with Crippen molar-refractivity contribution in [2.45, 2.75) is 45.6 Å². The molecule has 6 nitrogen and oxygen atoms in total. The zero-order chi connectivity index (χ0) is 18.7. The maximum atomic E-state index is 12.0. The Balaban J connectivity index is 2.23. The van der Waals surface area contributed by atoms with Gasteiger partial charge < -0.3 is 19.5 Å². The van der Waals surface area contributed by atoms with Crippen LogP contribution >= 0.6 is 0 Å². The Hall–Kier alpha value is -2.08. The molecule has 6 heteroatoms. The largest absolute Gasteiger partial charge is 0.462 e. The van der Waals surface area contributed by atoms with Crippen molar-refractivity contribution in [3.05, 3.63) is 35.9 Å². The molecule has 1 N–H and O–H groups in total. The van der Waals surface area contributed by atoms with Crippen LogP contribution in [0.4, 0.5) is 4.79 Å². The standard InChI is InChI=1S/C19H29NO5/c1-19(2,3)25-18(23)20(13-14-21)12-8-5-9-15-24-17(22)16-10-6-4-7-11-16/h4,6-7,10-11,21H,5,8-9,12-15H2,1-3H3. The summed E-state index contributed by atoms with van der Waals surface area (Å²) >= 11 is 0. The van der Waals surface area contributed by atoms with Gasteiger partial charge in [0.05, 0.1) is 18.8 Å². The molecular weight excluding hydrogens is 322 g/mol. The first kappa shape index (κ1) is 21.0. The summed E-state index contributed by atoms with van der Waals surface area (Å²) < 4.78 is 10.5. The molecular formula is C19H29NO5. The van der Waals surface area contributed by atoms with Crippen molar-refractivity contribution in [1.82, 2.24) is 4.90 Å². The minimum absolute atomic E-state index is 0.103. The average molecular weight is 351 g/mol. The molecule has 0 aromatic heterocycles. The quantitative estimate of drug-likeness (QED) is 0.546. The van der Waals surface area contributed by atoms with Crippen LogP contribution in [0.2, 0.25) is 0 Å². The highest BCUT2D eigenvalue weighted by molar-refractivity contribution is 5.89. The summed E-state index contributed by atoms with van der Waals surface area (Å²) in [5, 5.41) is 9.09. The number of unbranched alkanes of at least 4 members (excludes halogenated alkanes) is 2. The topological polar surface area (TPSA) is 76.1 Å². The van der Waals surface area contributed by atoms with E-state index < -0.39 is 11.7 Å². The van der Waals surface area contributed by atoms with Crippen LogP contribution in [-0.2, 0) is 9.47 Å². The number of amides is 1. The van der Waals surface area contributed by atoms with Gasteiger partial charge in [-0.15, -0.1) is 0 Å². The second-order valence-corrected chi connectivity index (χ2v) is 6.75. The number of nitrogens with zero attached hydrogens (tertiary/aromatic N) is 1. The molecule has 0 unspecified atom stereocenters. The van der Waals surface area contributed by atoms with Gasteiger partial charge in [-0.25, -0.2) is 9.59 Å². The van der Waals surface area contributed by atoms with Crippen molar-refractivity contribution >= 4 is 12.1 Å². The number of carbonyl (C=O) groups excluding carboxylic acids is 2. The van der Waals surface area contributed by atoms with Crippen molar-refractivity contribution in [2.75, 3.05) is 26.3 Å². The molecule has 25 heavy (non-hydrogen) atoms. The maximum absolute atomic E-state index is 12.0. The van der Waals surface area contributed by atoms with Gasteiger partial charge in [0.1, 0.15) is 5.60 Å². The lowest BCUT2D eigenvalue weighted by Gasteiger charge is -2.27. The molecule has 0 bridgehead atoms. The molecule has 0 saturated heterocycles. The van der Waals surface area contributed by atoms with Crippen molar-refractivity contribution in [1.29, 1.82) is 0 Å². The molecule has 1 rings (SSSR count). The van der Waals surface area contributed by atoms with Crippen LogP contribution in [0, 0.1) is 0 Å². The molecule has 0 aliphatic rings. The van der Waals surface area contributed by atoms with E-state index in [2.05, 4.69) is 0 Å². The van der Waals surface area contributed by atoms with Crippen LogP contribution in [0.25, 0.3) is 0 Å². The van der Waals surface area contributed by atoms with Gasteiger partial charge in [-0.2, -0.15) is 0 Å². The number of aliphatic hydroxyl groups excluding tert-OH is 1. The Morgan fingerprint density at radius 2 is 1.72 bits per heavy atom. The number of hydrogen-bond acceptors (Lipinski definition) is 5. The molecule has 0 fully saturated rings. The van der Waals surface area contributed by atoms with E-state index in [1.165, 1.54) is 4.90 Å². The number of aliphatic hydroxyl groups is 1. The fourth-order valence-corrected chi connectivity index (χ4v) is 2.15. The van der Waals surface area contributed by atoms with E-state index >= 15 is 0 Å². The lowest BCUT2D eigenvalue weighted by Crippen LogP contribution is -2.39. The summed E-state index contributed by atoms with van der Waals surface area (Å²) in [6.45, 7) is 6.42. The van der Waals surface area contributed by atoms with Crippen molar-refractivity contribution in [3.8, 4) is 0 Å². The van der Waals surface area contributed by atoms with Crippen molar-refractivity contribution < 1.29 is 24.2 Å². The average Bonchev–Trinajstić information content (AvgIpc) is 2.55. The Morgan fingerprint density at radius 1 is 1.04 bits per heavy atom. The van der Waals surface area contributed by atoms with E-state index in [1.807, 2.05) is 26.8 Å². The molecule has 0 spiro atoms. The molecule has 0 heterocycles. The van der Waals surface area contributed by atoms with Crippen LogP contribution in [-0.4, -0.2) is 54.0 Å². The van der Waals surface area contributed by atoms with Gasteiger partial charge in [0.15, 0.2) is 0 Å². The second kappa shape index (κ2) is 10.7. The highest BCUT2D eigenvalue weighted by atomic mass is 16.6. The van der Waals surface area contributed by atoms with Gasteiger partial charge in [-0.05, 0) is 52.2 Å². The SMILES string of the molecule is CC(C)(C)OC(=O)N(CCO)CCCCCOC(=O)c1ccccc1. The molecule has 0 aliphatic carbocycles. The third kappa shape index (κ3) is 9.10. The molecule has 1 amide bonds. The van der Waals surface area contributed by atoms with Gasteiger partial charge in [0.2, 0.25) is 0 Å². The second-order valence-electron chi connectivity index (χ2n) is 6.75. The van der Waals surface area contributed by atoms with E-state index in [9.17, 15) is 9.59 Å². The number of hydrogen-bond donors (Lipinski definition) is 1. The maximum Gasteiger partial charge on any atom is 0.410 e. The van der Waals surface area contributed by atoms with Gasteiger partial charge in [0, 0.05) is 13.1 Å². The van der Waals surface area contributed by atoms with E-state index in [0.29, 0.717) is 18.7 Å². The predicted molar refractivity (Wildman–Crippen MR) is 95.5 cm³/mol. The van der Waals surface area contributed by atoms with E-state index in [0.717, 1.165) is 19.3 Å². The highest BCUT2D eigenvalue weighted by Crippen LogP contribution is 2.11. The van der Waals surface area contributed by atoms with Crippen LogP contribution in [0.3, 0.4) is 0 Å². The van der Waals surface area contributed by atoms with Gasteiger partial charge >= 0.3 is 12.1 Å². The zero-order valence-corrected chi connectivity index (χ0v) is 15.4. The first-order chi connectivity index (χ1) is 11.8. The lowest BCUT2D eigenvalue weighted by molar-refractivity contribution is 0.0215. The summed E-state index contributed by atoms with van der Waals surface area (Å²) in [5.74, 6) is -0.323. The first-order valence-electron chi connectivity index (χ1n) is 8.64. The molecule has 0 aliphatic heterocycles. The zero-order valence-electron chi connectivity index (χ0n) is 15.4. The number of benzene rings is 1. The van der Waals surface area contributed by atoms with E-state index in [-0.39, 0.29) is 19.1 Å². The number of ether oxygens (including phenoxy) is 2. The van der Waals surface area contributed by atoms with Crippen LogP contribution in [0.15, 0.2) is 30.3 Å². The summed E-state index contributed by atoms with van der Waals surface area (Å²) in [4.78, 5) is 25.3. The first-order valence-corrected chi connectivity index (χ1v) is 8.64. The van der Waals surface area contributed by atoms with Crippen molar-refractivity contribution in [2.24, 2.45) is 0 Å². The summed E-state index contributed by atoms with van der Waals surface area (Å²) in [6.07, 6.45) is 1.87. The predicted octanol–water partition coefficient (Wildman–Crippen LogP) is 3.24. The fraction of sp³-hybridized carbons (Fsp3) is 0.579. The van der Waals surface area contributed by atoms with E-state index in [4.69, 9.17) is 14.6 Å². The third-order valence-corrected chi connectivity index (χ3v) is 3.34. The van der Waals surface area contributed by atoms with Gasteiger partial charge in [-0.1, -0.05) is 18.2 Å². The Morgan fingerprint density at radius 3 is 2.32 bits per heavy atom.